The van der Waals surface area contributed by atoms with E-state index in [1.807, 2.05) is 11.3 Å². The van der Waals surface area contributed by atoms with Gasteiger partial charge in [-0.1, -0.05) is 216 Å². The van der Waals surface area contributed by atoms with Gasteiger partial charge >= 0.3 is 0 Å². The summed E-state index contributed by atoms with van der Waals surface area (Å²) in [7, 11) is 0. The van der Waals surface area contributed by atoms with E-state index in [-0.39, 0.29) is 23.0 Å². The van der Waals surface area contributed by atoms with Crippen molar-refractivity contribution >= 4 is 128 Å². The minimum atomic E-state index is -0.401. The van der Waals surface area contributed by atoms with Crippen LogP contribution >= 0.6 is 11.3 Å². The van der Waals surface area contributed by atoms with Crippen molar-refractivity contribution in [1.29, 1.82) is 0 Å². The number of fused-ring (bicyclic) bond motifs is 15. The highest BCUT2D eigenvalue weighted by Gasteiger charge is 2.50. The summed E-state index contributed by atoms with van der Waals surface area (Å²) >= 11 is 1.90. The fourth-order valence-electron chi connectivity index (χ4n) is 15.1. The standard InChI is InChI=1S/C81H71BN4S/c1-78(2,3)50-34-39-55(40-35-50)84-65-44-38-52(80(7,8)9)46-63(65)82-75-67(84)47-57(83(53-24-14-12-15-25-53)54-26-16-13-17-27-54)48-68(75)85(56-41-36-51(37-42-56)79(4,5)6)69-49-66(74-73(76(69)82)60-29-18-21-31-62(60)81(74,10)11)86-64-32-22-19-28-58(64)59-43-45-71-72(77(59)86)61-30-20-23-33-70(61)87-71/h12-49H,1-11H3. The third-order valence-electron chi connectivity index (χ3n) is 19.4. The number of rotatable bonds is 6. The number of anilines is 9. The number of benzene rings is 11. The zero-order valence-corrected chi connectivity index (χ0v) is 52.5. The van der Waals surface area contributed by atoms with Gasteiger partial charge in [-0.3, -0.25) is 0 Å². The first-order valence-corrected chi connectivity index (χ1v) is 31.9. The Morgan fingerprint density at radius 1 is 0.414 bits per heavy atom. The van der Waals surface area contributed by atoms with E-state index < -0.39 is 5.41 Å². The second-order valence-corrected chi connectivity index (χ2v) is 29.2. The van der Waals surface area contributed by atoms with Gasteiger partial charge in [0.15, 0.2) is 0 Å². The molecule has 6 heteroatoms. The monoisotopic (exact) mass is 1140 g/mol. The minimum Gasteiger partial charge on any atom is -0.311 e. The first-order chi connectivity index (χ1) is 41.8. The molecule has 11 aromatic carbocycles. The molecule has 0 atom stereocenters. The number of para-hydroxylation sites is 3. The minimum absolute atomic E-state index is 0.0191. The van der Waals surface area contributed by atoms with E-state index in [2.05, 4.69) is 326 Å². The molecule has 424 valence electrons. The molecular weight excluding hydrogens is 1070 g/mol. The Morgan fingerprint density at radius 3 is 1.56 bits per heavy atom. The second-order valence-electron chi connectivity index (χ2n) is 28.2. The highest BCUT2D eigenvalue weighted by molar-refractivity contribution is 7.26. The van der Waals surface area contributed by atoms with Gasteiger partial charge in [0, 0.05) is 81.9 Å². The van der Waals surface area contributed by atoms with Crippen LogP contribution in [0, 0.1) is 0 Å². The van der Waals surface area contributed by atoms with Crippen LogP contribution in [0.1, 0.15) is 104 Å². The van der Waals surface area contributed by atoms with Gasteiger partial charge in [0.05, 0.1) is 22.4 Å². The maximum Gasteiger partial charge on any atom is 0.252 e. The summed E-state index contributed by atoms with van der Waals surface area (Å²) in [6.07, 6.45) is 0. The van der Waals surface area contributed by atoms with Crippen molar-refractivity contribution in [3.8, 4) is 16.8 Å². The molecule has 13 aromatic rings. The van der Waals surface area contributed by atoms with Crippen molar-refractivity contribution in [3.63, 3.8) is 0 Å². The predicted octanol–water partition coefficient (Wildman–Crippen LogP) is 20.9. The molecule has 4 nitrogen and oxygen atoms in total. The lowest BCUT2D eigenvalue weighted by atomic mass is 9.32. The molecule has 0 radical (unpaired) electrons. The molecule has 4 heterocycles. The summed E-state index contributed by atoms with van der Waals surface area (Å²) in [4.78, 5) is 7.74. The van der Waals surface area contributed by atoms with E-state index in [1.165, 1.54) is 120 Å². The van der Waals surface area contributed by atoms with Crippen LogP contribution < -0.4 is 31.1 Å². The highest BCUT2D eigenvalue weighted by atomic mass is 32.1. The lowest BCUT2D eigenvalue weighted by Crippen LogP contribution is -2.62. The molecule has 0 saturated heterocycles. The van der Waals surface area contributed by atoms with Crippen molar-refractivity contribution in [2.45, 2.75) is 97.8 Å². The zero-order valence-electron chi connectivity index (χ0n) is 51.7. The molecule has 16 rings (SSSR count). The lowest BCUT2D eigenvalue weighted by Gasteiger charge is -2.46. The van der Waals surface area contributed by atoms with Gasteiger partial charge in [-0.2, -0.15) is 0 Å². The molecular formula is C81H71BN4S. The average Bonchev–Trinajstić information content (AvgIpc) is 1.66. The van der Waals surface area contributed by atoms with E-state index in [1.54, 1.807) is 0 Å². The molecule has 2 aliphatic heterocycles. The van der Waals surface area contributed by atoms with Gasteiger partial charge in [-0.25, -0.2) is 0 Å². The molecule has 0 fully saturated rings. The van der Waals surface area contributed by atoms with Crippen LogP contribution in [0.2, 0.25) is 0 Å². The van der Waals surface area contributed by atoms with Crippen molar-refractivity contribution in [2.75, 3.05) is 14.7 Å². The predicted molar refractivity (Wildman–Crippen MR) is 376 cm³/mol. The van der Waals surface area contributed by atoms with Crippen LogP contribution in [-0.4, -0.2) is 11.3 Å². The second kappa shape index (κ2) is 19.0. The Balaban J connectivity index is 1.12. The lowest BCUT2D eigenvalue weighted by molar-refractivity contribution is 0.590. The molecule has 0 bridgehead atoms. The van der Waals surface area contributed by atoms with E-state index in [9.17, 15) is 0 Å². The largest absolute Gasteiger partial charge is 0.311 e. The summed E-state index contributed by atoms with van der Waals surface area (Å²) in [5, 5.41) is 5.13. The first kappa shape index (κ1) is 53.4. The van der Waals surface area contributed by atoms with Crippen LogP contribution in [-0.2, 0) is 21.7 Å². The molecule has 0 amide bonds. The van der Waals surface area contributed by atoms with Gasteiger partial charge < -0.3 is 19.3 Å². The Morgan fingerprint density at radius 2 is 0.943 bits per heavy atom. The van der Waals surface area contributed by atoms with Crippen molar-refractivity contribution in [3.05, 3.63) is 258 Å². The van der Waals surface area contributed by atoms with E-state index in [0.717, 1.165) is 34.1 Å². The summed E-state index contributed by atoms with van der Waals surface area (Å²) in [6.45, 7) is 25.8. The van der Waals surface area contributed by atoms with Gasteiger partial charge in [0.2, 0.25) is 0 Å². The van der Waals surface area contributed by atoms with Crippen LogP contribution in [0.5, 0.6) is 0 Å². The number of thiophene rings is 1. The van der Waals surface area contributed by atoms with Crippen LogP contribution in [0.3, 0.4) is 0 Å². The van der Waals surface area contributed by atoms with Gasteiger partial charge in [-0.15, -0.1) is 11.3 Å². The number of aromatic nitrogens is 1. The summed E-state index contributed by atoms with van der Waals surface area (Å²) in [6, 6.07) is 88.4. The fourth-order valence-corrected chi connectivity index (χ4v) is 16.2. The fraction of sp³-hybridized carbons (Fsp3) is 0.185. The van der Waals surface area contributed by atoms with Crippen molar-refractivity contribution < 1.29 is 0 Å². The molecule has 3 aliphatic rings. The Bertz CT molecular complexity index is 4910. The normalized spacial score (nSPS) is 14.2. The van der Waals surface area contributed by atoms with E-state index in [0.29, 0.717) is 0 Å². The zero-order chi connectivity index (χ0) is 59.6. The van der Waals surface area contributed by atoms with Crippen LogP contribution in [0.15, 0.2) is 231 Å². The Kier molecular flexibility index (Phi) is 11.6. The van der Waals surface area contributed by atoms with Crippen molar-refractivity contribution in [1.82, 2.24) is 4.57 Å². The molecule has 0 unspecified atom stereocenters. The maximum absolute atomic E-state index is 2.69. The average molecular weight is 1140 g/mol. The maximum atomic E-state index is 2.69. The molecule has 1 aliphatic carbocycles. The Hall–Kier alpha value is -9.10. The first-order valence-electron chi connectivity index (χ1n) is 31.0. The summed E-state index contributed by atoms with van der Waals surface area (Å²) < 4.78 is 5.30. The topological polar surface area (TPSA) is 14.7 Å². The molecule has 0 spiro atoms. The molecule has 0 saturated carbocycles. The number of nitrogens with zero attached hydrogens (tertiary/aromatic N) is 4. The van der Waals surface area contributed by atoms with Gasteiger partial charge in [0.25, 0.3) is 6.71 Å². The quantitative estimate of drug-likeness (QED) is 0.154. The van der Waals surface area contributed by atoms with Gasteiger partial charge in [-0.05, 0) is 163 Å². The molecule has 0 N–H and O–H groups in total. The van der Waals surface area contributed by atoms with E-state index >= 15 is 0 Å². The summed E-state index contributed by atoms with van der Waals surface area (Å²) in [5.41, 5.74) is 26.5. The molecule has 2 aromatic heterocycles. The van der Waals surface area contributed by atoms with Crippen LogP contribution in [0.25, 0.3) is 58.8 Å². The third kappa shape index (κ3) is 8.02. The smallest absolute Gasteiger partial charge is 0.252 e. The highest BCUT2D eigenvalue weighted by Crippen LogP contribution is 2.57. The van der Waals surface area contributed by atoms with E-state index in [4.69, 9.17) is 0 Å². The Labute approximate surface area is 516 Å². The SMILES string of the molecule is CC(C)(C)c1ccc(N2c3ccc(C(C)(C)C)cc3B3c4c2cc(N(c2ccccc2)c2ccccc2)cc4N(c2ccc(C(C)(C)C)cc2)c2cc(-n4c5ccccc5c5ccc6sc7ccccc7c6c54)c4c(c23)-c2ccccc2C4(C)C)cc1. The number of hydrogen-bond acceptors (Lipinski definition) is 4. The van der Waals surface area contributed by atoms with Crippen LogP contribution in [0.4, 0.5) is 51.2 Å². The summed E-state index contributed by atoms with van der Waals surface area (Å²) in [5.74, 6) is 0. The van der Waals surface area contributed by atoms with Gasteiger partial charge in [0.1, 0.15) is 0 Å². The molecule has 87 heavy (non-hydrogen) atoms. The number of hydrogen-bond donors (Lipinski definition) is 0. The third-order valence-corrected chi connectivity index (χ3v) is 20.5. The van der Waals surface area contributed by atoms with Crippen molar-refractivity contribution in [2.24, 2.45) is 0 Å².